The van der Waals surface area contributed by atoms with Gasteiger partial charge in [0, 0.05) is 30.9 Å². The zero-order chi connectivity index (χ0) is 14.3. The molecule has 0 atom stereocenters. The predicted octanol–water partition coefficient (Wildman–Crippen LogP) is 2.05. The van der Waals surface area contributed by atoms with E-state index < -0.39 is 0 Å². The van der Waals surface area contributed by atoms with E-state index in [9.17, 15) is 9.59 Å². The van der Waals surface area contributed by atoms with E-state index in [4.69, 9.17) is 0 Å². The van der Waals surface area contributed by atoms with Crippen molar-refractivity contribution >= 4 is 23.2 Å². The van der Waals surface area contributed by atoms with Crippen LogP contribution < -0.4 is 5.32 Å². The summed E-state index contributed by atoms with van der Waals surface area (Å²) < 4.78 is 0. The first-order valence-corrected chi connectivity index (χ1v) is 7.45. The summed E-state index contributed by atoms with van der Waals surface area (Å²) in [6.45, 7) is 6.87. The molecule has 0 aliphatic heterocycles. The molecule has 0 fully saturated rings. The highest BCUT2D eigenvalue weighted by Crippen LogP contribution is 2.08. The highest BCUT2D eigenvalue weighted by Gasteiger charge is 2.11. The van der Waals surface area contributed by atoms with E-state index in [-0.39, 0.29) is 17.9 Å². The topological polar surface area (TPSA) is 49.4 Å². The van der Waals surface area contributed by atoms with Crippen LogP contribution in [-0.2, 0) is 16.0 Å². The van der Waals surface area contributed by atoms with Gasteiger partial charge in [-0.1, -0.05) is 6.07 Å². The van der Waals surface area contributed by atoms with Crippen molar-refractivity contribution in [1.29, 1.82) is 0 Å². The quantitative estimate of drug-likeness (QED) is 0.778. The molecule has 0 aliphatic rings. The van der Waals surface area contributed by atoms with Crippen molar-refractivity contribution in [3.63, 3.8) is 0 Å². The molecule has 1 heterocycles. The Hall–Kier alpha value is -1.36. The fourth-order valence-corrected chi connectivity index (χ4v) is 2.59. The summed E-state index contributed by atoms with van der Waals surface area (Å²) in [5.41, 5.74) is 0. The molecule has 0 aromatic carbocycles. The number of hydrogen-bond acceptors (Lipinski definition) is 3. The van der Waals surface area contributed by atoms with Gasteiger partial charge in [0.1, 0.15) is 0 Å². The number of carbonyl (C=O) groups excluding carboxylic acids is 2. The highest BCUT2D eigenvalue weighted by molar-refractivity contribution is 7.10. The predicted molar refractivity (Wildman–Crippen MR) is 78.2 cm³/mol. The molecule has 1 N–H and O–H groups in total. The Bertz CT molecular complexity index is 402. The van der Waals surface area contributed by atoms with Crippen LogP contribution in [-0.4, -0.2) is 35.8 Å². The fraction of sp³-hybridized carbons (Fsp3) is 0.571. The molecule has 0 bridgehead atoms. The lowest BCUT2D eigenvalue weighted by Gasteiger charge is -2.25. The Morgan fingerprint density at radius 2 is 2.16 bits per heavy atom. The molecule has 0 aliphatic carbocycles. The van der Waals surface area contributed by atoms with Gasteiger partial charge in [0.05, 0.1) is 6.42 Å². The molecule has 0 saturated carbocycles. The number of rotatable bonds is 7. The van der Waals surface area contributed by atoms with Gasteiger partial charge in [0.2, 0.25) is 11.8 Å². The van der Waals surface area contributed by atoms with Crippen LogP contribution in [0.1, 0.15) is 32.1 Å². The molecular weight excluding hydrogens is 260 g/mol. The number of carbonyl (C=O) groups is 2. The summed E-state index contributed by atoms with van der Waals surface area (Å²) in [7, 11) is 0. The number of thiophene rings is 1. The van der Waals surface area contributed by atoms with E-state index in [1.807, 2.05) is 36.3 Å². The van der Waals surface area contributed by atoms with Crippen molar-refractivity contribution in [2.45, 2.75) is 39.7 Å². The van der Waals surface area contributed by atoms with Gasteiger partial charge in [-0.15, -0.1) is 11.3 Å². The summed E-state index contributed by atoms with van der Waals surface area (Å²) in [4.78, 5) is 25.9. The van der Waals surface area contributed by atoms with Crippen LogP contribution in [0.2, 0.25) is 0 Å². The van der Waals surface area contributed by atoms with Crippen LogP contribution in [0.25, 0.3) is 0 Å². The van der Waals surface area contributed by atoms with E-state index in [1.165, 1.54) is 0 Å². The molecule has 5 heteroatoms. The first-order valence-electron chi connectivity index (χ1n) is 6.57. The average Bonchev–Trinajstić information content (AvgIpc) is 2.80. The maximum atomic E-state index is 11.6. The van der Waals surface area contributed by atoms with Crippen molar-refractivity contribution < 1.29 is 9.59 Å². The molecule has 1 aromatic rings. The van der Waals surface area contributed by atoms with Crippen LogP contribution in [0.15, 0.2) is 17.5 Å². The third-order valence-electron chi connectivity index (χ3n) is 2.84. The summed E-state index contributed by atoms with van der Waals surface area (Å²) in [5.74, 6) is 0.126. The van der Waals surface area contributed by atoms with E-state index in [0.717, 1.165) is 11.3 Å². The number of amides is 2. The number of hydrogen-bond donors (Lipinski definition) is 1. The van der Waals surface area contributed by atoms with Crippen LogP contribution in [0.4, 0.5) is 0 Å². The van der Waals surface area contributed by atoms with Crippen molar-refractivity contribution in [3.05, 3.63) is 22.4 Å². The van der Waals surface area contributed by atoms with Gasteiger partial charge < -0.3 is 10.2 Å². The molecule has 1 rings (SSSR count). The third-order valence-corrected chi connectivity index (χ3v) is 3.72. The van der Waals surface area contributed by atoms with Crippen molar-refractivity contribution in [2.24, 2.45) is 0 Å². The van der Waals surface area contributed by atoms with Crippen molar-refractivity contribution in [2.75, 3.05) is 13.1 Å². The second-order valence-electron chi connectivity index (χ2n) is 4.77. The van der Waals surface area contributed by atoms with Crippen molar-refractivity contribution in [3.8, 4) is 0 Å². The molecule has 106 valence electrons. The van der Waals surface area contributed by atoms with Gasteiger partial charge in [-0.3, -0.25) is 9.59 Å². The first-order chi connectivity index (χ1) is 9.00. The summed E-state index contributed by atoms with van der Waals surface area (Å²) in [6, 6.07) is 4.11. The molecule has 1 aromatic heterocycles. The summed E-state index contributed by atoms with van der Waals surface area (Å²) in [6.07, 6.45) is 1.23. The Morgan fingerprint density at radius 3 is 2.68 bits per heavy atom. The standard InChI is InChI=1S/C14H22N2O2S/c1-11(2)16(12(3)17)8-5-7-15-14(18)10-13-6-4-9-19-13/h4,6,9,11H,5,7-8,10H2,1-3H3,(H,15,18). The monoisotopic (exact) mass is 282 g/mol. The smallest absolute Gasteiger partial charge is 0.225 e. The van der Waals surface area contributed by atoms with Crippen LogP contribution in [0.5, 0.6) is 0 Å². The number of nitrogens with zero attached hydrogens (tertiary/aromatic N) is 1. The molecule has 19 heavy (non-hydrogen) atoms. The minimum Gasteiger partial charge on any atom is -0.356 e. The van der Waals surface area contributed by atoms with Gasteiger partial charge in [-0.2, -0.15) is 0 Å². The molecule has 0 spiro atoms. The summed E-state index contributed by atoms with van der Waals surface area (Å²) in [5, 5.41) is 4.85. The molecule has 0 radical (unpaired) electrons. The van der Waals surface area contributed by atoms with E-state index in [1.54, 1.807) is 18.3 Å². The van der Waals surface area contributed by atoms with E-state index in [0.29, 0.717) is 19.5 Å². The third kappa shape index (κ3) is 5.87. The minimum absolute atomic E-state index is 0.0429. The van der Waals surface area contributed by atoms with Crippen LogP contribution in [0.3, 0.4) is 0 Å². The Morgan fingerprint density at radius 1 is 1.42 bits per heavy atom. The normalized spacial score (nSPS) is 10.5. The van der Waals surface area contributed by atoms with Gasteiger partial charge in [0.15, 0.2) is 0 Å². The van der Waals surface area contributed by atoms with Crippen molar-refractivity contribution in [1.82, 2.24) is 10.2 Å². The second kappa shape index (κ2) is 7.94. The largest absolute Gasteiger partial charge is 0.356 e. The highest BCUT2D eigenvalue weighted by atomic mass is 32.1. The Labute approximate surface area is 118 Å². The minimum atomic E-state index is 0.0429. The molecule has 0 unspecified atom stereocenters. The second-order valence-corrected chi connectivity index (χ2v) is 5.80. The zero-order valence-electron chi connectivity index (χ0n) is 11.8. The lowest BCUT2D eigenvalue weighted by Crippen LogP contribution is -2.37. The zero-order valence-corrected chi connectivity index (χ0v) is 12.6. The Kier molecular flexibility index (Phi) is 6.56. The SMILES string of the molecule is CC(=O)N(CCCNC(=O)Cc1cccs1)C(C)C. The molecule has 0 saturated heterocycles. The number of nitrogens with one attached hydrogen (secondary N) is 1. The van der Waals surface area contributed by atoms with Gasteiger partial charge >= 0.3 is 0 Å². The maximum Gasteiger partial charge on any atom is 0.225 e. The maximum absolute atomic E-state index is 11.6. The van der Waals surface area contributed by atoms with Crippen LogP contribution in [0, 0.1) is 0 Å². The lowest BCUT2D eigenvalue weighted by molar-refractivity contribution is -0.130. The molecule has 4 nitrogen and oxygen atoms in total. The first kappa shape index (κ1) is 15.7. The van der Waals surface area contributed by atoms with Gasteiger partial charge in [0.25, 0.3) is 0 Å². The fourth-order valence-electron chi connectivity index (χ4n) is 1.89. The lowest BCUT2D eigenvalue weighted by atomic mass is 10.2. The molecular formula is C14H22N2O2S. The average molecular weight is 282 g/mol. The van der Waals surface area contributed by atoms with Crippen LogP contribution >= 0.6 is 11.3 Å². The van der Waals surface area contributed by atoms with Gasteiger partial charge in [-0.05, 0) is 31.7 Å². The van der Waals surface area contributed by atoms with E-state index >= 15 is 0 Å². The summed E-state index contributed by atoms with van der Waals surface area (Å²) >= 11 is 1.59. The Balaban J connectivity index is 2.19. The van der Waals surface area contributed by atoms with E-state index in [2.05, 4.69) is 5.32 Å². The van der Waals surface area contributed by atoms with Gasteiger partial charge in [-0.25, -0.2) is 0 Å². The molecule has 2 amide bonds.